The summed E-state index contributed by atoms with van der Waals surface area (Å²) in [5, 5.41) is 20.6. The number of phenolic OH excluding ortho intramolecular Hbond substituents is 1. The summed E-state index contributed by atoms with van der Waals surface area (Å²) < 4.78 is 1.42. The van der Waals surface area contributed by atoms with Gasteiger partial charge >= 0.3 is 6.03 Å². The minimum absolute atomic E-state index is 0.0170. The number of carbonyl (C=O) groups is 2. The Balaban J connectivity index is 1.83. The molecule has 0 atom stereocenters. The molecule has 1 aliphatic rings. The lowest BCUT2D eigenvalue weighted by Gasteiger charge is -2.09. The van der Waals surface area contributed by atoms with E-state index in [-0.39, 0.29) is 23.6 Å². The summed E-state index contributed by atoms with van der Waals surface area (Å²) in [6.45, 7) is 6.54. The lowest BCUT2D eigenvalue weighted by Crippen LogP contribution is -2.31. The second-order valence-electron chi connectivity index (χ2n) is 7.75. The molecule has 1 aromatic carbocycles. The van der Waals surface area contributed by atoms with E-state index in [1.165, 1.54) is 10.7 Å². The van der Waals surface area contributed by atoms with Crippen LogP contribution in [0.4, 0.5) is 10.5 Å². The molecule has 0 aliphatic heterocycles. The van der Waals surface area contributed by atoms with Crippen LogP contribution in [0.25, 0.3) is 11.3 Å². The smallest absolute Gasteiger partial charge is 0.342 e. The fourth-order valence-electron chi connectivity index (χ4n) is 3.08. The average molecular weight is 384 g/mol. The number of aromatic hydroxyl groups is 1. The Morgan fingerprint density at radius 1 is 1.29 bits per heavy atom. The van der Waals surface area contributed by atoms with Gasteiger partial charge in [-0.1, -0.05) is 20.8 Å². The first kappa shape index (κ1) is 19.9. The van der Waals surface area contributed by atoms with Crippen molar-refractivity contribution in [2.75, 3.05) is 11.9 Å². The molecule has 0 spiro atoms. The maximum absolute atomic E-state index is 12.4. The van der Waals surface area contributed by atoms with Crippen LogP contribution in [0.3, 0.4) is 0 Å². The molecule has 150 valence electrons. The zero-order chi connectivity index (χ0) is 20.3. The molecule has 0 bridgehead atoms. The van der Waals surface area contributed by atoms with E-state index in [4.69, 9.17) is 0 Å². The quantitative estimate of drug-likeness (QED) is 0.670. The van der Waals surface area contributed by atoms with Gasteiger partial charge in [0.2, 0.25) is 5.91 Å². The first-order chi connectivity index (χ1) is 13.4. The molecular formula is C21H28N4O3. The van der Waals surface area contributed by atoms with Crippen molar-refractivity contribution in [2.24, 2.45) is 5.92 Å². The van der Waals surface area contributed by atoms with Crippen LogP contribution in [0.15, 0.2) is 24.3 Å². The van der Waals surface area contributed by atoms with E-state index in [9.17, 15) is 14.7 Å². The van der Waals surface area contributed by atoms with Gasteiger partial charge in [0.15, 0.2) is 0 Å². The fourth-order valence-corrected chi connectivity index (χ4v) is 3.08. The van der Waals surface area contributed by atoms with Crippen molar-refractivity contribution < 1.29 is 14.7 Å². The van der Waals surface area contributed by atoms with E-state index in [1.54, 1.807) is 12.1 Å². The maximum atomic E-state index is 12.4. The van der Waals surface area contributed by atoms with Gasteiger partial charge in [-0.15, -0.1) is 0 Å². The first-order valence-corrected chi connectivity index (χ1v) is 9.90. The summed E-state index contributed by atoms with van der Waals surface area (Å²) in [6, 6.07) is 6.59. The first-order valence-electron chi connectivity index (χ1n) is 9.90. The van der Waals surface area contributed by atoms with Crippen molar-refractivity contribution in [3.05, 3.63) is 30.0 Å². The Hall–Kier alpha value is -2.83. The number of nitrogens with one attached hydrogen (secondary N) is 2. The molecule has 1 fully saturated rings. The number of aromatic nitrogens is 2. The number of carbonyl (C=O) groups excluding carboxylic acids is 2. The number of anilines is 1. The summed E-state index contributed by atoms with van der Waals surface area (Å²) in [5.74, 6) is 0.528. The van der Waals surface area contributed by atoms with Gasteiger partial charge in [-0.3, -0.25) is 4.79 Å². The van der Waals surface area contributed by atoms with Crippen LogP contribution in [-0.2, 0) is 4.79 Å². The highest BCUT2D eigenvalue weighted by Gasteiger charge is 2.30. The number of phenols is 1. The average Bonchev–Trinajstić information content (AvgIpc) is 3.38. The molecular weight excluding hydrogens is 356 g/mol. The number of hydrogen-bond acceptors (Lipinski definition) is 4. The molecule has 3 N–H and O–H groups in total. The van der Waals surface area contributed by atoms with Gasteiger partial charge in [0.25, 0.3) is 0 Å². The summed E-state index contributed by atoms with van der Waals surface area (Å²) in [5.41, 5.74) is 2.49. The molecule has 1 aliphatic carbocycles. The summed E-state index contributed by atoms with van der Waals surface area (Å²) in [4.78, 5) is 24.4. The Kier molecular flexibility index (Phi) is 6.02. The van der Waals surface area contributed by atoms with Gasteiger partial charge in [-0.05, 0) is 43.4 Å². The SMILES string of the molecule is CCCNC(=O)n1nc(-c2ccc(NC(=O)CC(C)C)cc2O)cc1C1CC1. The van der Waals surface area contributed by atoms with Crippen LogP contribution >= 0.6 is 0 Å². The Labute approximate surface area is 165 Å². The van der Waals surface area contributed by atoms with Crippen molar-refractivity contribution in [3.8, 4) is 17.0 Å². The molecule has 2 amide bonds. The van der Waals surface area contributed by atoms with E-state index in [1.807, 2.05) is 26.8 Å². The van der Waals surface area contributed by atoms with Crippen LogP contribution in [-0.4, -0.2) is 33.4 Å². The monoisotopic (exact) mass is 384 g/mol. The summed E-state index contributed by atoms with van der Waals surface area (Å²) in [7, 11) is 0. The largest absolute Gasteiger partial charge is 0.507 e. The topological polar surface area (TPSA) is 96.3 Å². The Bertz CT molecular complexity index is 869. The number of nitrogens with zero attached hydrogens (tertiary/aromatic N) is 2. The molecule has 0 saturated heterocycles. The van der Waals surface area contributed by atoms with Crippen LogP contribution in [0.5, 0.6) is 5.75 Å². The normalized spacial score (nSPS) is 13.6. The minimum atomic E-state index is -0.243. The van der Waals surface area contributed by atoms with Crippen LogP contribution in [0.2, 0.25) is 0 Å². The van der Waals surface area contributed by atoms with Gasteiger partial charge in [0, 0.05) is 36.2 Å². The molecule has 7 nitrogen and oxygen atoms in total. The Morgan fingerprint density at radius 2 is 2.04 bits per heavy atom. The summed E-state index contributed by atoms with van der Waals surface area (Å²) in [6.07, 6.45) is 3.35. The predicted octanol–water partition coefficient (Wildman–Crippen LogP) is 4.09. The molecule has 1 saturated carbocycles. The van der Waals surface area contributed by atoms with E-state index >= 15 is 0 Å². The number of hydrogen-bond donors (Lipinski definition) is 3. The van der Waals surface area contributed by atoms with Crippen molar-refractivity contribution >= 4 is 17.6 Å². The van der Waals surface area contributed by atoms with Crippen molar-refractivity contribution in [1.29, 1.82) is 0 Å². The fraction of sp³-hybridized carbons (Fsp3) is 0.476. The number of rotatable bonds is 7. The molecule has 2 aromatic rings. The third-order valence-electron chi connectivity index (χ3n) is 4.60. The summed E-state index contributed by atoms with van der Waals surface area (Å²) >= 11 is 0. The number of amides is 2. The lowest BCUT2D eigenvalue weighted by molar-refractivity contribution is -0.116. The molecule has 1 aromatic heterocycles. The molecule has 3 rings (SSSR count). The highest BCUT2D eigenvalue weighted by atomic mass is 16.3. The molecule has 1 heterocycles. The Morgan fingerprint density at radius 3 is 2.64 bits per heavy atom. The lowest BCUT2D eigenvalue weighted by atomic mass is 10.1. The van der Waals surface area contributed by atoms with E-state index in [0.717, 1.165) is 25.0 Å². The van der Waals surface area contributed by atoms with E-state index in [0.29, 0.717) is 35.8 Å². The van der Waals surface area contributed by atoms with Crippen molar-refractivity contribution in [1.82, 2.24) is 15.1 Å². The van der Waals surface area contributed by atoms with Crippen LogP contribution < -0.4 is 10.6 Å². The molecule has 0 radical (unpaired) electrons. The second-order valence-corrected chi connectivity index (χ2v) is 7.75. The zero-order valence-electron chi connectivity index (χ0n) is 16.7. The molecule has 0 unspecified atom stereocenters. The van der Waals surface area contributed by atoms with Gasteiger partial charge in [0.05, 0.1) is 11.4 Å². The second kappa shape index (κ2) is 8.46. The van der Waals surface area contributed by atoms with Gasteiger partial charge in [0.1, 0.15) is 5.75 Å². The maximum Gasteiger partial charge on any atom is 0.342 e. The highest BCUT2D eigenvalue weighted by molar-refractivity contribution is 5.91. The zero-order valence-corrected chi connectivity index (χ0v) is 16.7. The van der Waals surface area contributed by atoms with Crippen LogP contribution in [0.1, 0.15) is 58.1 Å². The predicted molar refractivity (Wildman–Crippen MR) is 108 cm³/mol. The third kappa shape index (κ3) is 4.71. The van der Waals surface area contributed by atoms with Gasteiger partial charge < -0.3 is 15.7 Å². The van der Waals surface area contributed by atoms with Crippen LogP contribution in [0, 0.1) is 5.92 Å². The van der Waals surface area contributed by atoms with E-state index in [2.05, 4.69) is 15.7 Å². The van der Waals surface area contributed by atoms with Gasteiger partial charge in [-0.25, -0.2) is 4.79 Å². The highest BCUT2D eigenvalue weighted by Crippen LogP contribution is 2.42. The molecule has 28 heavy (non-hydrogen) atoms. The van der Waals surface area contributed by atoms with Gasteiger partial charge in [-0.2, -0.15) is 9.78 Å². The minimum Gasteiger partial charge on any atom is -0.507 e. The molecule has 7 heteroatoms. The van der Waals surface area contributed by atoms with Crippen molar-refractivity contribution in [3.63, 3.8) is 0 Å². The van der Waals surface area contributed by atoms with Crippen molar-refractivity contribution in [2.45, 2.75) is 52.4 Å². The third-order valence-corrected chi connectivity index (χ3v) is 4.60. The van der Waals surface area contributed by atoms with E-state index < -0.39 is 0 Å². The number of benzene rings is 1. The standard InChI is InChI=1S/C21H28N4O3/c1-4-9-22-21(28)25-18(14-5-6-14)12-17(24-25)16-8-7-15(11-19(16)26)23-20(27)10-13(2)3/h7-8,11-14,26H,4-6,9-10H2,1-3H3,(H,22,28)(H,23,27).